The minimum Gasteiger partial charge on any atom is -0.496 e. The van der Waals surface area contributed by atoms with Crippen molar-refractivity contribution in [2.45, 2.75) is 13.2 Å². The predicted molar refractivity (Wildman–Crippen MR) is 80.4 cm³/mol. The number of hydrogen-bond donors (Lipinski definition) is 2. The van der Waals surface area contributed by atoms with Gasteiger partial charge in [-0.2, -0.15) is 0 Å². The van der Waals surface area contributed by atoms with E-state index in [-0.39, 0.29) is 6.61 Å². The van der Waals surface area contributed by atoms with Crippen LogP contribution in [0, 0.1) is 0 Å². The van der Waals surface area contributed by atoms with Gasteiger partial charge in [-0.15, -0.1) is 0 Å². The van der Waals surface area contributed by atoms with Gasteiger partial charge in [0.2, 0.25) is 0 Å². The number of hydrogen-bond acceptors (Lipinski definition) is 3. The van der Waals surface area contributed by atoms with Crippen LogP contribution < -0.4 is 10.1 Å². The normalized spacial score (nSPS) is 10.3. The highest BCUT2D eigenvalue weighted by Gasteiger charge is 2.03. The zero-order valence-corrected chi connectivity index (χ0v) is 12.3. The van der Waals surface area contributed by atoms with Crippen LogP contribution in [0.15, 0.2) is 46.9 Å². The van der Waals surface area contributed by atoms with E-state index in [9.17, 15) is 5.11 Å². The molecule has 0 bridgehead atoms. The van der Waals surface area contributed by atoms with E-state index in [1.54, 1.807) is 7.11 Å². The first-order valence-corrected chi connectivity index (χ1v) is 6.78. The van der Waals surface area contributed by atoms with Gasteiger partial charge in [0.05, 0.1) is 13.7 Å². The Hall–Kier alpha value is -1.52. The summed E-state index contributed by atoms with van der Waals surface area (Å²) in [5.41, 5.74) is 2.95. The summed E-state index contributed by atoms with van der Waals surface area (Å²) in [4.78, 5) is 0. The number of rotatable bonds is 5. The Bertz CT molecular complexity index is 540. The first kappa shape index (κ1) is 13.9. The van der Waals surface area contributed by atoms with Gasteiger partial charge < -0.3 is 15.2 Å². The molecule has 0 radical (unpaired) electrons. The summed E-state index contributed by atoms with van der Waals surface area (Å²) in [6.45, 7) is 0.710. The zero-order valence-electron chi connectivity index (χ0n) is 10.7. The number of aliphatic hydroxyl groups excluding tert-OH is 1. The van der Waals surface area contributed by atoms with E-state index in [1.807, 2.05) is 30.3 Å². The lowest BCUT2D eigenvalue weighted by Crippen LogP contribution is -2.00. The topological polar surface area (TPSA) is 41.5 Å². The summed E-state index contributed by atoms with van der Waals surface area (Å²) in [6.07, 6.45) is 0. The van der Waals surface area contributed by atoms with Gasteiger partial charge in [-0.25, -0.2) is 0 Å². The molecule has 2 aromatic carbocycles. The van der Waals surface area contributed by atoms with Crippen molar-refractivity contribution in [2.24, 2.45) is 0 Å². The van der Waals surface area contributed by atoms with Gasteiger partial charge in [0.15, 0.2) is 0 Å². The van der Waals surface area contributed by atoms with Crippen molar-refractivity contribution in [3.05, 3.63) is 58.1 Å². The van der Waals surface area contributed by atoms with Gasteiger partial charge in [-0.05, 0) is 35.9 Å². The fourth-order valence-electron chi connectivity index (χ4n) is 1.82. The number of benzene rings is 2. The Morgan fingerprint density at radius 1 is 1.16 bits per heavy atom. The molecule has 0 atom stereocenters. The molecule has 0 saturated heterocycles. The van der Waals surface area contributed by atoms with Crippen molar-refractivity contribution in [1.82, 2.24) is 0 Å². The molecule has 2 aromatic rings. The van der Waals surface area contributed by atoms with E-state index in [2.05, 4.69) is 33.4 Å². The van der Waals surface area contributed by atoms with Gasteiger partial charge >= 0.3 is 0 Å². The molecular formula is C15H16BrNO2. The summed E-state index contributed by atoms with van der Waals surface area (Å²) < 4.78 is 6.25. The van der Waals surface area contributed by atoms with E-state index < -0.39 is 0 Å². The second-order valence-corrected chi connectivity index (χ2v) is 5.08. The predicted octanol–water partition coefficient (Wildman–Crippen LogP) is 3.56. The van der Waals surface area contributed by atoms with Crippen LogP contribution in [0.5, 0.6) is 5.75 Å². The van der Waals surface area contributed by atoms with Crippen LogP contribution in [-0.4, -0.2) is 12.2 Å². The van der Waals surface area contributed by atoms with Gasteiger partial charge in [0.25, 0.3) is 0 Å². The Labute approximate surface area is 121 Å². The highest BCUT2D eigenvalue weighted by molar-refractivity contribution is 9.10. The molecule has 3 nitrogen and oxygen atoms in total. The Balaban J connectivity index is 2.05. The van der Waals surface area contributed by atoms with Gasteiger partial charge in [0.1, 0.15) is 5.75 Å². The molecule has 0 saturated carbocycles. The molecule has 0 heterocycles. The lowest BCUT2D eigenvalue weighted by molar-refractivity contribution is 0.274. The molecule has 0 fully saturated rings. The van der Waals surface area contributed by atoms with Crippen molar-refractivity contribution < 1.29 is 9.84 Å². The maximum absolute atomic E-state index is 9.28. The minimum atomic E-state index is -0.0308. The highest BCUT2D eigenvalue weighted by atomic mass is 79.9. The molecule has 4 heteroatoms. The van der Waals surface area contributed by atoms with E-state index in [0.29, 0.717) is 5.75 Å². The number of aliphatic hydroxyl groups is 1. The van der Waals surface area contributed by atoms with Crippen LogP contribution in [0.25, 0.3) is 0 Å². The van der Waals surface area contributed by atoms with Crippen LogP contribution in [0.4, 0.5) is 5.69 Å². The molecular weight excluding hydrogens is 306 g/mol. The maximum atomic E-state index is 9.28. The van der Waals surface area contributed by atoms with Gasteiger partial charge in [0, 0.05) is 22.3 Å². The zero-order chi connectivity index (χ0) is 13.7. The first-order valence-electron chi connectivity index (χ1n) is 5.99. The number of nitrogens with one attached hydrogen (secondary N) is 1. The minimum absolute atomic E-state index is 0.0308. The molecule has 0 aromatic heterocycles. The first-order chi connectivity index (χ1) is 9.22. The molecule has 0 aliphatic heterocycles. The highest BCUT2D eigenvalue weighted by Crippen LogP contribution is 2.23. The van der Waals surface area contributed by atoms with E-state index in [0.717, 1.165) is 22.3 Å². The van der Waals surface area contributed by atoms with Gasteiger partial charge in [-0.1, -0.05) is 28.1 Å². The second-order valence-electron chi connectivity index (χ2n) is 4.16. The van der Waals surface area contributed by atoms with Crippen LogP contribution in [0.3, 0.4) is 0 Å². The number of halogens is 1. The maximum Gasteiger partial charge on any atom is 0.124 e. The summed E-state index contributed by atoms with van der Waals surface area (Å²) in [5.74, 6) is 0.705. The third-order valence-corrected chi connectivity index (χ3v) is 3.39. The Morgan fingerprint density at radius 3 is 2.53 bits per heavy atom. The third-order valence-electron chi connectivity index (χ3n) is 2.86. The van der Waals surface area contributed by atoms with Crippen molar-refractivity contribution in [3.8, 4) is 5.75 Å². The van der Waals surface area contributed by atoms with Crippen molar-refractivity contribution in [1.29, 1.82) is 0 Å². The summed E-state index contributed by atoms with van der Waals surface area (Å²) in [7, 11) is 1.60. The Kier molecular flexibility index (Phi) is 4.82. The molecule has 0 aliphatic rings. The SMILES string of the molecule is COc1ccc(NCc2ccc(Br)cc2)cc1CO. The van der Waals surface area contributed by atoms with Crippen LogP contribution >= 0.6 is 15.9 Å². The van der Waals surface area contributed by atoms with Crippen molar-refractivity contribution >= 4 is 21.6 Å². The standard InChI is InChI=1S/C15H16BrNO2/c1-19-15-7-6-14(8-12(15)10-18)17-9-11-2-4-13(16)5-3-11/h2-8,17-18H,9-10H2,1H3. The summed E-state index contributed by atoms with van der Waals surface area (Å²) >= 11 is 3.41. The molecule has 100 valence electrons. The summed E-state index contributed by atoms with van der Waals surface area (Å²) in [6, 6.07) is 13.9. The molecule has 19 heavy (non-hydrogen) atoms. The average molecular weight is 322 g/mol. The fraction of sp³-hybridized carbons (Fsp3) is 0.200. The molecule has 2 N–H and O–H groups in total. The van der Waals surface area contributed by atoms with Gasteiger partial charge in [-0.3, -0.25) is 0 Å². The largest absolute Gasteiger partial charge is 0.496 e. The van der Waals surface area contributed by atoms with E-state index in [4.69, 9.17) is 4.74 Å². The lowest BCUT2D eigenvalue weighted by atomic mass is 10.1. The molecule has 0 unspecified atom stereocenters. The van der Waals surface area contributed by atoms with E-state index in [1.165, 1.54) is 5.56 Å². The lowest BCUT2D eigenvalue weighted by Gasteiger charge is -2.11. The van der Waals surface area contributed by atoms with Crippen LogP contribution in [-0.2, 0) is 13.2 Å². The third kappa shape index (κ3) is 3.72. The quantitative estimate of drug-likeness (QED) is 0.884. The number of ether oxygens (including phenoxy) is 1. The van der Waals surface area contributed by atoms with Crippen LogP contribution in [0.2, 0.25) is 0 Å². The van der Waals surface area contributed by atoms with Crippen molar-refractivity contribution in [2.75, 3.05) is 12.4 Å². The molecule has 2 rings (SSSR count). The molecule has 0 aliphatic carbocycles. The number of anilines is 1. The average Bonchev–Trinajstić information content (AvgIpc) is 2.46. The fourth-order valence-corrected chi connectivity index (χ4v) is 2.08. The molecule has 0 amide bonds. The van der Waals surface area contributed by atoms with Crippen molar-refractivity contribution in [3.63, 3.8) is 0 Å². The summed E-state index contributed by atoms with van der Waals surface area (Å²) in [5, 5.41) is 12.6. The Morgan fingerprint density at radius 2 is 1.89 bits per heavy atom. The smallest absolute Gasteiger partial charge is 0.124 e. The van der Waals surface area contributed by atoms with E-state index >= 15 is 0 Å². The second kappa shape index (κ2) is 6.59. The monoisotopic (exact) mass is 321 g/mol. The van der Waals surface area contributed by atoms with Crippen LogP contribution in [0.1, 0.15) is 11.1 Å². The molecule has 0 spiro atoms. The number of methoxy groups -OCH3 is 1.